The second kappa shape index (κ2) is 77.1. The average Bonchev–Trinajstić information content (AvgIpc) is 0.808. The highest BCUT2D eigenvalue weighted by Crippen LogP contribution is 2.42. The van der Waals surface area contributed by atoms with E-state index in [1.54, 1.807) is 24.3 Å². The molecule has 36 nitrogen and oxygen atoms in total. The van der Waals surface area contributed by atoms with Crippen LogP contribution in [0.5, 0.6) is 34.5 Å². The summed E-state index contributed by atoms with van der Waals surface area (Å²) in [4.78, 5) is 89.1. The van der Waals surface area contributed by atoms with Crippen LogP contribution in [-0.4, -0.2) is 351 Å². The maximum absolute atomic E-state index is 15.6. The van der Waals surface area contributed by atoms with Gasteiger partial charge in [0.2, 0.25) is 11.5 Å². The lowest BCUT2D eigenvalue weighted by Crippen LogP contribution is -2.44. The van der Waals surface area contributed by atoms with E-state index in [1.165, 1.54) is 24.3 Å². The number of rotatable bonds is 88. The quantitative estimate of drug-likeness (QED) is 0.0194. The van der Waals surface area contributed by atoms with Crippen molar-refractivity contribution in [1.29, 1.82) is 0 Å². The van der Waals surface area contributed by atoms with Crippen LogP contribution >= 0.6 is 0 Å². The first kappa shape index (κ1) is 123. The minimum atomic E-state index is -1.97. The van der Waals surface area contributed by atoms with E-state index in [0.717, 1.165) is 57.6 Å². The van der Waals surface area contributed by atoms with E-state index >= 15 is 9.59 Å². The van der Waals surface area contributed by atoms with Gasteiger partial charge in [-0.3, -0.25) is 9.59 Å². The van der Waals surface area contributed by atoms with Gasteiger partial charge in [-0.05, 0) is 153 Å². The van der Waals surface area contributed by atoms with Crippen LogP contribution < -0.4 is 28.4 Å². The van der Waals surface area contributed by atoms with E-state index in [2.05, 4.69) is 0 Å². The van der Waals surface area contributed by atoms with Crippen molar-refractivity contribution in [3.63, 3.8) is 0 Å². The van der Waals surface area contributed by atoms with Crippen molar-refractivity contribution < 1.29 is 161 Å². The topological polar surface area (TPSA) is 367 Å². The monoisotopic (exact) mass is 2080 g/mol. The van der Waals surface area contributed by atoms with Gasteiger partial charge in [0.15, 0.2) is 23.0 Å². The van der Waals surface area contributed by atoms with Gasteiger partial charge in [-0.1, -0.05) is 156 Å². The molecule has 149 heavy (non-hydrogen) atoms. The number of aryl methyl sites for hydroxylation is 4. The lowest BCUT2D eigenvalue weighted by atomic mass is 9.91. The zero-order chi connectivity index (χ0) is 106. The molecule has 0 fully saturated rings. The number of carbonyl (C=O) groups is 6. The second-order valence-corrected chi connectivity index (χ2v) is 35.0. The molecule has 0 saturated carbocycles. The molecule has 0 bridgehead atoms. The fourth-order valence-corrected chi connectivity index (χ4v) is 14.1. The molecule has 8 rings (SSSR count). The number of esters is 6. The van der Waals surface area contributed by atoms with Crippen LogP contribution in [0, 0.1) is 33.1 Å². The first-order valence-corrected chi connectivity index (χ1v) is 50.7. The average molecular weight is 2080 g/mol. The summed E-state index contributed by atoms with van der Waals surface area (Å²) < 4.78 is 169. The summed E-state index contributed by atoms with van der Waals surface area (Å²) in [5, 5.41) is 0. The molecule has 0 N–H and O–H groups in total. The Morgan fingerprint density at radius 3 is 0.638 bits per heavy atom. The molecule has 0 amide bonds. The van der Waals surface area contributed by atoms with Crippen LogP contribution in [-0.2, 0) is 140 Å². The van der Waals surface area contributed by atoms with Gasteiger partial charge in [0, 0.05) is 12.8 Å². The molecule has 0 radical (unpaired) electrons. The number of hydrogen-bond acceptors (Lipinski definition) is 36. The van der Waals surface area contributed by atoms with Gasteiger partial charge < -0.3 is 142 Å². The van der Waals surface area contributed by atoms with Crippen molar-refractivity contribution in [3.8, 4) is 34.5 Å². The summed E-state index contributed by atoms with van der Waals surface area (Å²) in [6.45, 7) is 12.7. The largest absolute Gasteiger partial charge is 0.487 e. The van der Waals surface area contributed by atoms with Crippen molar-refractivity contribution in [2.24, 2.45) is 5.41 Å². The van der Waals surface area contributed by atoms with Crippen LogP contribution in [0.4, 0.5) is 0 Å². The minimum absolute atomic E-state index is 0.000653. The molecular weight excluding hydrogens is 1930 g/mol. The Morgan fingerprint density at radius 1 is 0.221 bits per heavy atom. The first-order valence-electron chi connectivity index (χ1n) is 50.7. The number of carbonyl (C=O) groups excluding carboxylic acids is 6. The maximum atomic E-state index is 15.6. The van der Waals surface area contributed by atoms with Crippen molar-refractivity contribution >= 4 is 35.8 Å². The Morgan fingerprint density at radius 2 is 0.416 bits per heavy atom. The molecule has 0 spiro atoms. The van der Waals surface area contributed by atoms with E-state index < -0.39 is 55.7 Å². The van der Waals surface area contributed by atoms with Gasteiger partial charge in [0.05, 0.1) is 234 Å². The highest BCUT2D eigenvalue weighted by atomic mass is 16.6. The Hall–Kier alpha value is -11.3. The van der Waals surface area contributed by atoms with Gasteiger partial charge in [-0.25, -0.2) is 19.2 Å². The highest BCUT2D eigenvalue weighted by molar-refractivity contribution is 5.93. The smallest absolute Gasteiger partial charge is 0.338 e. The van der Waals surface area contributed by atoms with E-state index in [0.29, 0.717) is 92.1 Å². The third kappa shape index (κ3) is 55.8. The Labute approximate surface area is 876 Å². The number of benzene rings is 8. The summed E-state index contributed by atoms with van der Waals surface area (Å²) in [6, 6.07) is 55.1. The molecule has 0 unspecified atom stereocenters. The van der Waals surface area contributed by atoms with E-state index in [-0.39, 0.29) is 267 Å². The molecule has 0 saturated heterocycles. The lowest BCUT2D eigenvalue weighted by molar-refractivity contribution is -0.146. The number of ether oxygens (including phenoxy) is 28. The lowest BCUT2D eigenvalue weighted by Gasteiger charge is -2.32. The van der Waals surface area contributed by atoms with E-state index in [1.807, 2.05) is 199 Å². The molecule has 8 aromatic rings. The van der Waals surface area contributed by atoms with Gasteiger partial charge in [-0.15, -0.1) is 0 Å². The molecule has 8 aromatic carbocycles. The molecule has 0 heterocycles. The van der Waals surface area contributed by atoms with E-state index in [9.17, 15) is 19.2 Å². The fourth-order valence-electron chi connectivity index (χ4n) is 14.1. The maximum Gasteiger partial charge on any atom is 0.338 e. The standard InChI is InChI=1S/C113H154N2O34/c1-89-71-90(2)74-97(73-89)109(118)146-85-113(86-147-110(119)98-75-91(3)72-92(4)76-98,87-148-111(120)99-77-101(138-63-55-126-39-35-122-47-51-134-81-93-23-13-9-14-24-93)107(144-69-61-132-45-43-130-59-67-142-105(116)31-21-33-114(5)6)102(78-99)139-64-56-127-40-36-123-48-52-135-82-94-25-15-10-16-26-94)88-149-112(121)100-79-103(140-65-57-128-41-37-124-49-53-136-83-95-27-17-11-18-28-95)108(145-70-62-133-46-44-131-60-68-143-106(117)32-22-34-115(7)8)104(80-100)141-66-58-129-42-38-125-50-54-137-84-96-29-19-12-20-30-96/h9-20,23-30,71-80H,21-22,31-70,81-88H2,1-8H3. The fraction of sp³-hybridized carbons (Fsp3) is 0.522. The zero-order valence-electron chi connectivity index (χ0n) is 88.0. The molecule has 0 aliphatic rings. The number of nitrogens with zero attached hydrogens (tertiary/aromatic N) is 2. The third-order valence-corrected chi connectivity index (χ3v) is 21.5. The predicted octanol–water partition coefficient (Wildman–Crippen LogP) is 13.7. The molecule has 820 valence electrons. The highest BCUT2D eigenvalue weighted by Gasteiger charge is 2.40. The van der Waals surface area contributed by atoms with Crippen LogP contribution in [0.3, 0.4) is 0 Å². The molecule has 0 atom stereocenters. The summed E-state index contributed by atoms with van der Waals surface area (Å²) in [6.07, 6.45) is 1.91. The normalized spacial score (nSPS) is 11.4. The summed E-state index contributed by atoms with van der Waals surface area (Å²) in [5.41, 5.74) is 5.17. The molecule has 0 aliphatic heterocycles. The van der Waals surface area contributed by atoms with Gasteiger partial charge in [0.25, 0.3) is 0 Å². The Balaban J connectivity index is 1.09. The van der Waals surface area contributed by atoms with E-state index in [4.69, 9.17) is 133 Å². The molecule has 0 aliphatic carbocycles. The third-order valence-electron chi connectivity index (χ3n) is 21.5. The molecular formula is C113H154N2O34. The molecule has 36 heteroatoms. The second-order valence-electron chi connectivity index (χ2n) is 35.0. The van der Waals surface area contributed by atoms with Crippen molar-refractivity contribution in [2.45, 2.75) is 79.8 Å². The van der Waals surface area contributed by atoms with Crippen LogP contribution in [0.15, 0.2) is 182 Å². The Bertz CT molecular complexity index is 4450. The van der Waals surface area contributed by atoms with Crippen molar-refractivity contribution in [3.05, 3.63) is 249 Å². The first-order chi connectivity index (χ1) is 72.8. The summed E-state index contributed by atoms with van der Waals surface area (Å²) in [7, 11) is 7.75. The van der Waals surface area contributed by atoms with Gasteiger partial charge in [0.1, 0.15) is 84.7 Å². The Kier molecular flexibility index (Phi) is 63.5. The van der Waals surface area contributed by atoms with Gasteiger partial charge >= 0.3 is 35.8 Å². The van der Waals surface area contributed by atoms with Crippen molar-refractivity contribution in [2.75, 3.05) is 306 Å². The molecule has 0 aromatic heterocycles. The summed E-state index contributed by atoms with van der Waals surface area (Å²) in [5.74, 6) is -4.20. The minimum Gasteiger partial charge on any atom is -0.487 e. The van der Waals surface area contributed by atoms with Crippen LogP contribution in [0.2, 0.25) is 0 Å². The SMILES string of the molecule is Cc1cc(C)cc(C(=O)OCC(COC(=O)c2cc(C)cc(C)c2)(COC(=O)c2cc(OCCOCCOCCOCc3ccccc3)c(OCCOCCOCCOC(=O)CCCN(C)C)c(OCCOCCOCCOCc3ccccc3)c2)COC(=O)c2cc(OCCOCCOCCOCc3ccccc3)c(OCCOCCOCCOC(=O)CCCN(C)C)c(OCCOCCOCCOCc3ccccc3)c2)c1. The zero-order valence-corrected chi connectivity index (χ0v) is 88.0. The predicted molar refractivity (Wildman–Crippen MR) is 553 cm³/mol. The number of hydrogen-bond donors (Lipinski definition) is 0. The van der Waals surface area contributed by atoms with Crippen molar-refractivity contribution in [1.82, 2.24) is 9.80 Å². The van der Waals surface area contributed by atoms with Crippen LogP contribution in [0.1, 0.15) is 112 Å². The summed E-state index contributed by atoms with van der Waals surface area (Å²) >= 11 is 0. The van der Waals surface area contributed by atoms with Crippen LogP contribution in [0.25, 0.3) is 0 Å². The van der Waals surface area contributed by atoms with Gasteiger partial charge in [-0.2, -0.15) is 0 Å².